The molecule has 0 radical (unpaired) electrons. The summed E-state index contributed by atoms with van der Waals surface area (Å²) in [5, 5.41) is 5.70. The first-order chi connectivity index (χ1) is 12.1. The highest BCUT2D eigenvalue weighted by atomic mass is 32.1. The maximum absolute atomic E-state index is 13.0. The summed E-state index contributed by atoms with van der Waals surface area (Å²) in [6.07, 6.45) is 0.990. The van der Waals surface area contributed by atoms with Gasteiger partial charge in [-0.15, -0.1) is 11.3 Å². The molecule has 5 nitrogen and oxygen atoms in total. The molecule has 1 fully saturated rings. The van der Waals surface area contributed by atoms with Crippen molar-refractivity contribution in [3.8, 4) is 5.69 Å². The van der Waals surface area contributed by atoms with Gasteiger partial charge in [0.1, 0.15) is 4.83 Å². The van der Waals surface area contributed by atoms with Crippen LogP contribution in [0.5, 0.6) is 0 Å². The minimum absolute atomic E-state index is 0.115. The molecule has 4 rings (SSSR count). The Labute approximate surface area is 151 Å². The monoisotopic (exact) mass is 354 g/mol. The number of likely N-dealkylation sites (tertiary alicyclic amines) is 1. The molecule has 2 N–H and O–H groups in total. The number of fused-ring (bicyclic) bond motifs is 1. The van der Waals surface area contributed by atoms with Gasteiger partial charge in [-0.05, 0) is 50.9 Å². The molecule has 1 aliphatic rings. The molecule has 2 atom stereocenters. The van der Waals surface area contributed by atoms with E-state index >= 15 is 0 Å². The van der Waals surface area contributed by atoms with Gasteiger partial charge >= 0.3 is 0 Å². The lowest BCUT2D eigenvalue weighted by Crippen LogP contribution is -2.33. The maximum Gasteiger partial charge on any atom is 0.264 e. The van der Waals surface area contributed by atoms with E-state index in [1.165, 1.54) is 11.3 Å². The molecule has 0 aliphatic carbocycles. The number of aryl methyl sites for hydroxylation is 1. The zero-order chi connectivity index (χ0) is 17.6. The van der Waals surface area contributed by atoms with Crippen molar-refractivity contribution >= 4 is 27.5 Å². The van der Waals surface area contributed by atoms with Gasteiger partial charge in [0.15, 0.2) is 0 Å². The number of carbonyl (C=O) groups is 1. The van der Waals surface area contributed by atoms with E-state index in [4.69, 9.17) is 5.73 Å². The lowest BCUT2D eigenvalue weighted by atomic mass is 10.1. The van der Waals surface area contributed by atoms with Crippen molar-refractivity contribution in [2.75, 3.05) is 13.1 Å². The van der Waals surface area contributed by atoms with Gasteiger partial charge in [-0.3, -0.25) is 4.79 Å². The van der Waals surface area contributed by atoms with Crippen molar-refractivity contribution in [2.24, 2.45) is 11.7 Å². The number of thiophene rings is 1. The topological polar surface area (TPSA) is 64.2 Å². The van der Waals surface area contributed by atoms with Crippen LogP contribution in [0.25, 0.3) is 15.9 Å². The molecule has 130 valence electrons. The van der Waals surface area contributed by atoms with E-state index in [0.29, 0.717) is 12.5 Å². The normalized spacial score (nSPS) is 20.5. The molecule has 0 saturated carbocycles. The molecule has 3 aromatic rings. The molecule has 1 amide bonds. The van der Waals surface area contributed by atoms with E-state index in [1.54, 1.807) is 0 Å². The summed E-state index contributed by atoms with van der Waals surface area (Å²) in [7, 11) is 0. The Balaban J connectivity index is 1.71. The van der Waals surface area contributed by atoms with Crippen LogP contribution in [0.4, 0.5) is 0 Å². The minimum Gasteiger partial charge on any atom is -0.335 e. The van der Waals surface area contributed by atoms with Crippen LogP contribution in [0.1, 0.15) is 28.7 Å². The number of para-hydroxylation sites is 1. The van der Waals surface area contributed by atoms with Gasteiger partial charge in [-0.1, -0.05) is 18.2 Å². The van der Waals surface area contributed by atoms with Gasteiger partial charge in [-0.2, -0.15) is 5.10 Å². The van der Waals surface area contributed by atoms with Crippen LogP contribution in [0, 0.1) is 12.8 Å². The molecule has 1 aromatic carbocycles. The predicted octanol–water partition coefficient (Wildman–Crippen LogP) is 3.20. The molecule has 0 bridgehead atoms. The largest absolute Gasteiger partial charge is 0.335 e. The van der Waals surface area contributed by atoms with Gasteiger partial charge in [0.25, 0.3) is 5.91 Å². The molecule has 6 heteroatoms. The summed E-state index contributed by atoms with van der Waals surface area (Å²) in [6, 6.07) is 12.3. The number of aromatic nitrogens is 2. The fourth-order valence-electron chi connectivity index (χ4n) is 3.63. The first-order valence-electron chi connectivity index (χ1n) is 8.64. The van der Waals surface area contributed by atoms with E-state index in [-0.39, 0.29) is 11.9 Å². The van der Waals surface area contributed by atoms with Crippen LogP contribution in [0.15, 0.2) is 36.4 Å². The molecule has 0 spiro atoms. The van der Waals surface area contributed by atoms with E-state index < -0.39 is 0 Å². The third kappa shape index (κ3) is 2.75. The fourth-order valence-corrected chi connectivity index (χ4v) is 4.77. The molecule has 3 heterocycles. The SMILES string of the molecule is Cc1nn(-c2ccccc2)c2sc(C(=O)N3CC(CN)CC3C)cc12. The molecule has 1 saturated heterocycles. The minimum atomic E-state index is 0.115. The highest BCUT2D eigenvalue weighted by Gasteiger charge is 2.33. The lowest BCUT2D eigenvalue weighted by molar-refractivity contribution is 0.0748. The van der Waals surface area contributed by atoms with Crippen molar-refractivity contribution in [1.82, 2.24) is 14.7 Å². The molecule has 2 aromatic heterocycles. The second kappa shape index (κ2) is 6.28. The number of benzene rings is 1. The maximum atomic E-state index is 13.0. The molecular formula is C19H22N4OS. The fraction of sp³-hybridized carbons (Fsp3) is 0.368. The van der Waals surface area contributed by atoms with Gasteiger partial charge in [0.2, 0.25) is 0 Å². The van der Waals surface area contributed by atoms with Crippen LogP contribution in [0.3, 0.4) is 0 Å². The number of nitrogens with two attached hydrogens (primary N) is 1. The lowest BCUT2D eigenvalue weighted by Gasteiger charge is -2.20. The van der Waals surface area contributed by atoms with Crippen molar-refractivity contribution in [3.63, 3.8) is 0 Å². The molecule has 2 unspecified atom stereocenters. The zero-order valence-electron chi connectivity index (χ0n) is 14.5. The highest BCUT2D eigenvalue weighted by molar-refractivity contribution is 7.20. The average molecular weight is 354 g/mol. The molecule has 25 heavy (non-hydrogen) atoms. The average Bonchev–Trinajstić information content (AvgIpc) is 3.30. The molecule has 1 aliphatic heterocycles. The number of carbonyl (C=O) groups excluding carboxylic acids is 1. The quantitative estimate of drug-likeness (QED) is 0.785. The van der Waals surface area contributed by atoms with Gasteiger partial charge < -0.3 is 10.6 Å². The van der Waals surface area contributed by atoms with E-state index in [1.807, 2.05) is 52.9 Å². The Hall–Kier alpha value is -2.18. The van der Waals surface area contributed by atoms with Crippen molar-refractivity contribution in [1.29, 1.82) is 0 Å². The predicted molar refractivity (Wildman–Crippen MR) is 101 cm³/mol. The van der Waals surface area contributed by atoms with Crippen LogP contribution >= 0.6 is 11.3 Å². The Morgan fingerprint density at radius 3 is 2.80 bits per heavy atom. The van der Waals surface area contributed by atoms with Gasteiger partial charge in [0.05, 0.1) is 16.3 Å². The number of amides is 1. The summed E-state index contributed by atoms with van der Waals surface area (Å²) in [6.45, 7) is 5.50. The van der Waals surface area contributed by atoms with E-state index in [0.717, 1.165) is 39.4 Å². The highest BCUT2D eigenvalue weighted by Crippen LogP contribution is 2.33. The van der Waals surface area contributed by atoms with E-state index in [2.05, 4.69) is 12.0 Å². The van der Waals surface area contributed by atoms with Crippen LogP contribution in [-0.4, -0.2) is 39.7 Å². The number of rotatable bonds is 3. The second-order valence-corrected chi connectivity index (χ2v) is 7.84. The van der Waals surface area contributed by atoms with Crippen molar-refractivity contribution in [3.05, 3.63) is 47.0 Å². The summed E-state index contributed by atoms with van der Waals surface area (Å²) in [5.41, 5.74) is 7.76. The Kier molecular flexibility index (Phi) is 4.09. The number of hydrogen-bond acceptors (Lipinski definition) is 4. The third-order valence-electron chi connectivity index (χ3n) is 5.01. The van der Waals surface area contributed by atoms with Crippen LogP contribution in [-0.2, 0) is 0 Å². The summed E-state index contributed by atoms with van der Waals surface area (Å²) in [5.74, 6) is 0.526. The summed E-state index contributed by atoms with van der Waals surface area (Å²) < 4.78 is 1.93. The van der Waals surface area contributed by atoms with Gasteiger partial charge in [0, 0.05) is 18.0 Å². The van der Waals surface area contributed by atoms with Gasteiger partial charge in [-0.25, -0.2) is 4.68 Å². The Morgan fingerprint density at radius 1 is 1.36 bits per heavy atom. The van der Waals surface area contributed by atoms with Crippen LogP contribution < -0.4 is 5.73 Å². The van der Waals surface area contributed by atoms with Crippen LogP contribution in [0.2, 0.25) is 0 Å². The standard InChI is InChI=1S/C19H22N4OS/c1-12-8-14(10-20)11-22(12)18(24)17-9-16-13(2)21-23(19(16)25-17)15-6-4-3-5-7-15/h3-7,9,12,14H,8,10-11,20H2,1-2H3. The number of nitrogens with zero attached hydrogens (tertiary/aromatic N) is 3. The first-order valence-corrected chi connectivity index (χ1v) is 9.45. The number of hydrogen-bond donors (Lipinski definition) is 1. The second-order valence-electron chi connectivity index (χ2n) is 6.81. The van der Waals surface area contributed by atoms with Crippen molar-refractivity contribution in [2.45, 2.75) is 26.3 Å². The Morgan fingerprint density at radius 2 is 2.12 bits per heavy atom. The van der Waals surface area contributed by atoms with Crippen molar-refractivity contribution < 1.29 is 4.79 Å². The zero-order valence-corrected chi connectivity index (χ0v) is 15.3. The third-order valence-corrected chi connectivity index (χ3v) is 6.11. The smallest absolute Gasteiger partial charge is 0.264 e. The first kappa shape index (κ1) is 16.3. The Bertz CT molecular complexity index is 914. The summed E-state index contributed by atoms with van der Waals surface area (Å²) in [4.78, 5) is 16.8. The summed E-state index contributed by atoms with van der Waals surface area (Å²) >= 11 is 1.52. The van der Waals surface area contributed by atoms with E-state index in [9.17, 15) is 4.79 Å². The molecular weight excluding hydrogens is 332 g/mol.